The summed E-state index contributed by atoms with van der Waals surface area (Å²) in [4.78, 5) is 0. The molecule has 0 saturated carbocycles. The number of nitrogens with two attached hydrogens (primary N) is 2. The second kappa shape index (κ2) is 5.50. The summed E-state index contributed by atoms with van der Waals surface area (Å²) < 4.78 is 7.47. The number of benzene rings is 2. The Bertz CT molecular complexity index is 750. The van der Waals surface area contributed by atoms with Crippen LogP contribution in [0.15, 0.2) is 49.8 Å². The fourth-order valence-corrected chi connectivity index (χ4v) is 2.59. The summed E-state index contributed by atoms with van der Waals surface area (Å²) >= 11 is 6.79. The Hall–Kier alpha value is -1.86. The van der Waals surface area contributed by atoms with Crippen molar-refractivity contribution in [2.45, 2.75) is 0 Å². The van der Waals surface area contributed by atoms with Gasteiger partial charge in [0.15, 0.2) is 0 Å². The maximum Gasteiger partial charge on any atom is 0.250 e. The number of nitrogens with zero attached hydrogens (tertiary/aromatic N) is 2. The smallest absolute Gasteiger partial charge is 0.250 e. The number of anilines is 2. The van der Waals surface area contributed by atoms with E-state index in [0.29, 0.717) is 34.3 Å². The third kappa shape index (κ3) is 2.79. The highest BCUT2D eigenvalue weighted by Crippen LogP contribution is 2.33. The number of hydrogen-bond acceptors (Lipinski definition) is 5. The molecular weight excluding hydrogens is 400 g/mol. The van der Waals surface area contributed by atoms with Crippen molar-refractivity contribution >= 4 is 43.2 Å². The van der Waals surface area contributed by atoms with Gasteiger partial charge in [-0.1, -0.05) is 31.9 Å². The van der Waals surface area contributed by atoms with Crippen LogP contribution in [0.4, 0.5) is 11.4 Å². The topological polar surface area (TPSA) is 91.0 Å². The SMILES string of the molecule is Nc1ccc(Br)cc1-c1nnc(-c2cc(Br)ccc2N)o1. The Balaban J connectivity index is 2.08. The monoisotopic (exact) mass is 408 g/mol. The van der Waals surface area contributed by atoms with Gasteiger partial charge in [0, 0.05) is 20.3 Å². The lowest BCUT2D eigenvalue weighted by Gasteiger charge is -2.02. The molecule has 0 fully saturated rings. The van der Waals surface area contributed by atoms with E-state index in [4.69, 9.17) is 15.9 Å². The molecule has 0 saturated heterocycles. The summed E-state index contributed by atoms with van der Waals surface area (Å²) in [5, 5.41) is 8.09. The average molecular weight is 410 g/mol. The van der Waals surface area contributed by atoms with Crippen molar-refractivity contribution in [3.05, 3.63) is 45.3 Å². The van der Waals surface area contributed by atoms with Crippen molar-refractivity contribution in [2.75, 3.05) is 11.5 Å². The lowest BCUT2D eigenvalue weighted by atomic mass is 10.2. The van der Waals surface area contributed by atoms with Crippen LogP contribution in [0.25, 0.3) is 22.9 Å². The molecule has 0 aliphatic carbocycles. The van der Waals surface area contributed by atoms with Gasteiger partial charge in [-0.15, -0.1) is 10.2 Å². The van der Waals surface area contributed by atoms with Gasteiger partial charge in [0.2, 0.25) is 11.8 Å². The number of rotatable bonds is 2. The largest absolute Gasteiger partial charge is 0.416 e. The molecule has 2 aromatic carbocycles. The van der Waals surface area contributed by atoms with Crippen LogP contribution in [0.2, 0.25) is 0 Å². The first-order valence-electron chi connectivity index (χ1n) is 5.99. The van der Waals surface area contributed by atoms with E-state index in [0.717, 1.165) is 8.95 Å². The van der Waals surface area contributed by atoms with Gasteiger partial charge in [-0.3, -0.25) is 0 Å². The zero-order valence-corrected chi connectivity index (χ0v) is 13.8. The van der Waals surface area contributed by atoms with Gasteiger partial charge < -0.3 is 15.9 Å². The first kappa shape index (κ1) is 14.1. The molecule has 1 heterocycles. The Kier molecular flexibility index (Phi) is 3.69. The minimum Gasteiger partial charge on any atom is -0.416 e. The fraction of sp³-hybridized carbons (Fsp3) is 0. The van der Waals surface area contributed by atoms with Crippen molar-refractivity contribution in [2.24, 2.45) is 0 Å². The van der Waals surface area contributed by atoms with E-state index < -0.39 is 0 Å². The molecule has 0 spiro atoms. The van der Waals surface area contributed by atoms with E-state index in [-0.39, 0.29) is 0 Å². The third-order valence-corrected chi connectivity index (χ3v) is 3.90. The van der Waals surface area contributed by atoms with Crippen LogP contribution in [0.1, 0.15) is 0 Å². The molecule has 5 nitrogen and oxygen atoms in total. The lowest BCUT2D eigenvalue weighted by Crippen LogP contribution is -1.90. The zero-order valence-electron chi connectivity index (χ0n) is 10.7. The maximum atomic E-state index is 5.94. The van der Waals surface area contributed by atoms with Gasteiger partial charge in [0.1, 0.15) is 0 Å². The molecule has 7 heteroatoms. The van der Waals surface area contributed by atoms with E-state index in [1.165, 1.54) is 0 Å². The minimum absolute atomic E-state index is 0.350. The molecule has 0 bridgehead atoms. The molecule has 0 amide bonds. The highest BCUT2D eigenvalue weighted by Gasteiger charge is 2.15. The van der Waals surface area contributed by atoms with Gasteiger partial charge in [-0.05, 0) is 36.4 Å². The van der Waals surface area contributed by atoms with Gasteiger partial charge in [0.05, 0.1) is 11.1 Å². The Morgan fingerprint density at radius 1 is 0.762 bits per heavy atom. The van der Waals surface area contributed by atoms with Gasteiger partial charge in [-0.2, -0.15) is 0 Å². The number of nitrogen functional groups attached to an aromatic ring is 2. The molecule has 0 aliphatic heterocycles. The normalized spacial score (nSPS) is 10.8. The molecule has 21 heavy (non-hydrogen) atoms. The van der Waals surface area contributed by atoms with Crippen LogP contribution in [0, 0.1) is 0 Å². The average Bonchev–Trinajstić information content (AvgIpc) is 2.93. The van der Waals surface area contributed by atoms with Crippen molar-refractivity contribution in [3.63, 3.8) is 0 Å². The van der Waals surface area contributed by atoms with Crippen LogP contribution in [-0.2, 0) is 0 Å². The van der Waals surface area contributed by atoms with Gasteiger partial charge in [0.25, 0.3) is 0 Å². The number of halogens is 2. The predicted octanol–water partition coefficient (Wildman–Crippen LogP) is 4.09. The highest BCUT2D eigenvalue weighted by molar-refractivity contribution is 9.10. The Labute approximate surface area is 137 Å². The van der Waals surface area contributed by atoms with E-state index in [1.807, 2.05) is 24.3 Å². The lowest BCUT2D eigenvalue weighted by molar-refractivity contribution is 0.585. The van der Waals surface area contributed by atoms with E-state index in [9.17, 15) is 0 Å². The third-order valence-electron chi connectivity index (χ3n) is 2.92. The predicted molar refractivity (Wildman–Crippen MR) is 89.4 cm³/mol. The van der Waals surface area contributed by atoms with Crippen LogP contribution in [-0.4, -0.2) is 10.2 Å². The zero-order chi connectivity index (χ0) is 15.0. The van der Waals surface area contributed by atoms with Crippen molar-refractivity contribution < 1.29 is 4.42 Å². The number of hydrogen-bond donors (Lipinski definition) is 2. The van der Waals surface area contributed by atoms with Crippen LogP contribution in [0.5, 0.6) is 0 Å². The second-order valence-corrected chi connectivity index (χ2v) is 6.21. The molecule has 0 aliphatic rings. The molecule has 0 radical (unpaired) electrons. The summed E-state index contributed by atoms with van der Waals surface area (Å²) in [5.41, 5.74) is 14.4. The molecule has 106 valence electrons. The fourth-order valence-electron chi connectivity index (χ4n) is 1.87. The second-order valence-electron chi connectivity index (χ2n) is 4.38. The van der Waals surface area contributed by atoms with Gasteiger partial charge >= 0.3 is 0 Å². The minimum atomic E-state index is 0.350. The molecule has 3 aromatic rings. The molecule has 3 rings (SSSR count). The maximum absolute atomic E-state index is 5.94. The summed E-state index contributed by atoms with van der Waals surface area (Å²) in [6.45, 7) is 0. The van der Waals surface area contributed by atoms with E-state index in [1.54, 1.807) is 12.1 Å². The van der Waals surface area contributed by atoms with Crippen LogP contribution >= 0.6 is 31.9 Å². The van der Waals surface area contributed by atoms with E-state index >= 15 is 0 Å². The molecule has 4 N–H and O–H groups in total. The van der Waals surface area contributed by atoms with Crippen molar-refractivity contribution in [1.82, 2.24) is 10.2 Å². The van der Waals surface area contributed by atoms with Crippen LogP contribution in [0.3, 0.4) is 0 Å². The molecule has 0 unspecified atom stereocenters. The molecule has 0 atom stereocenters. The van der Waals surface area contributed by atoms with Crippen molar-refractivity contribution in [1.29, 1.82) is 0 Å². The van der Waals surface area contributed by atoms with Crippen LogP contribution < -0.4 is 11.5 Å². The van der Waals surface area contributed by atoms with Gasteiger partial charge in [-0.25, -0.2) is 0 Å². The summed E-state index contributed by atoms with van der Waals surface area (Å²) in [6.07, 6.45) is 0. The standard InChI is InChI=1S/C14H10Br2N4O/c15-7-1-3-11(17)9(5-7)13-19-20-14(21-13)10-6-8(16)2-4-12(10)18/h1-6H,17-18H2. The summed E-state index contributed by atoms with van der Waals surface area (Å²) in [6, 6.07) is 10.9. The summed E-state index contributed by atoms with van der Waals surface area (Å²) in [7, 11) is 0. The molecular formula is C14H10Br2N4O. The first-order chi connectivity index (χ1) is 10.0. The number of aromatic nitrogens is 2. The first-order valence-corrected chi connectivity index (χ1v) is 7.57. The van der Waals surface area contributed by atoms with Crippen molar-refractivity contribution in [3.8, 4) is 22.9 Å². The molecule has 1 aromatic heterocycles. The summed E-state index contributed by atoms with van der Waals surface area (Å²) in [5.74, 6) is 0.700. The Morgan fingerprint density at radius 3 is 1.62 bits per heavy atom. The Morgan fingerprint density at radius 2 is 1.19 bits per heavy atom. The van der Waals surface area contributed by atoms with E-state index in [2.05, 4.69) is 42.1 Å². The highest BCUT2D eigenvalue weighted by atomic mass is 79.9. The quantitative estimate of drug-likeness (QED) is 0.622.